The Morgan fingerprint density at radius 3 is 2.81 bits per heavy atom. The molecule has 174 valence electrons. The molecule has 32 heavy (non-hydrogen) atoms. The van der Waals surface area contributed by atoms with E-state index in [-0.39, 0.29) is 23.4 Å². The minimum absolute atomic E-state index is 0.130. The van der Waals surface area contributed by atoms with Crippen LogP contribution in [0.4, 0.5) is 23.8 Å². The Bertz CT molecular complexity index is 942. The van der Waals surface area contributed by atoms with Crippen LogP contribution in [0.2, 0.25) is 0 Å². The van der Waals surface area contributed by atoms with Gasteiger partial charge < -0.3 is 15.0 Å². The number of hydrogen-bond acceptors (Lipinski definition) is 6. The first-order chi connectivity index (χ1) is 15.1. The number of cyclic esters (lactones) is 1. The summed E-state index contributed by atoms with van der Waals surface area (Å²) in [6, 6.07) is 2.24. The Morgan fingerprint density at radius 2 is 2.19 bits per heavy atom. The number of hydrogen-bond donors (Lipinski definition) is 2. The summed E-state index contributed by atoms with van der Waals surface area (Å²) in [6.07, 6.45) is -3.37. The molecular weight excluding hydrogens is 423 g/mol. The number of amidine groups is 1. The number of carbonyl (C=O) groups excluding carboxylic acids is 1. The number of rotatable bonds is 5. The molecule has 0 aliphatic carbocycles. The number of nitrogens with zero attached hydrogens (tertiary/aromatic N) is 3. The maximum absolute atomic E-state index is 13.8. The lowest BCUT2D eigenvalue weighted by Crippen LogP contribution is -2.49. The van der Waals surface area contributed by atoms with Gasteiger partial charge in [0.25, 0.3) is 0 Å². The number of halogens is 3. The summed E-state index contributed by atoms with van der Waals surface area (Å²) in [5.41, 5.74) is 0.338. The molecule has 2 aliphatic heterocycles. The lowest BCUT2D eigenvalue weighted by Gasteiger charge is -2.33. The Hall–Kier alpha value is -2.88. The zero-order chi connectivity index (χ0) is 23.5. The molecular formula is C22H28F3N5O2. The fourth-order valence-corrected chi connectivity index (χ4v) is 3.92. The highest BCUT2D eigenvalue weighted by atomic mass is 19.4. The molecule has 0 bridgehead atoms. The number of alkyl carbamates (subject to hydrolysis) is 1. The van der Waals surface area contributed by atoms with Gasteiger partial charge >= 0.3 is 12.3 Å². The number of alkyl halides is 3. The van der Waals surface area contributed by atoms with E-state index < -0.39 is 23.9 Å². The van der Waals surface area contributed by atoms with Gasteiger partial charge in [0.1, 0.15) is 17.8 Å². The van der Waals surface area contributed by atoms with Gasteiger partial charge in [-0.3, -0.25) is 5.32 Å². The molecule has 2 saturated heterocycles. The fourth-order valence-electron chi connectivity index (χ4n) is 3.92. The van der Waals surface area contributed by atoms with Crippen LogP contribution >= 0.6 is 0 Å². The largest absolute Gasteiger partial charge is 0.441 e. The molecule has 10 heteroatoms. The van der Waals surface area contributed by atoms with Crippen LogP contribution in [0.3, 0.4) is 0 Å². The molecule has 7 nitrogen and oxygen atoms in total. The van der Waals surface area contributed by atoms with Crippen molar-refractivity contribution in [3.63, 3.8) is 0 Å². The smallest absolute Gasteiger partial charge is 0.416 e. The lowest BCUT2D eigenvalue weighted by molar-refractivity contribution is -0.137. The topological polar surface area (TPSA) is 78.8 Å². The Labute approximate surface area is 185 Å². The average molecular weight is 451 g/mol. The van der Waals surface area contributed by atoms with Crippen molar-refractivity contribution >= 4 is 23.3 Å². The number of anilines is 1. The summed E-state index contributed by atoms with van der Waals surface area (Å²) in [5.74, 6) is 0.474. The van der Waals surface area contributed by atoms with Gasteiger partial charge in [-0.05, 0) is 38.0 Å². The van der Waals surface area contributed by atoms with Crippen molar-refractivity contribution in [3.05, 3.63) is 41.7 Å². The lowest BCUT2D eigenvalue weighted by atomic mass is 9.95. The summed E-state index contributed by atoms with van der Waals surface area (Å²) in [6.45, 7) is 10.9. The van der Waals surface area contributed by atoms with E-state index in [0.29, 0.717) is 43.6 Å². The summed E-state index contributed by atoms with van der Waals surface area (Å²) in [7, 11) is 0. The second kappa shape index (κ2) is 9.72. The second-order valence-corrected chi connectivity index (χ2v) is 7.90. The predicted octanol–water partition coefficient (Wildman–Crippen LogP) is 4.12. The van der Waals surface area contributed by atoms with E-state index in [0.717, 1.165) is 12.1 Å². The first-order valence-corrected chi connectivity index (χ1v) is 10.6. The van der Waals surface area contributed by atoms with Crippen LogP contribution < -0.4 is 15.5 Å². The molecule has 2 unspecified atom stereocenters. The van der Waals surface area contributed by atoms with Gasteiger partial charge in [0, 0.05) is 37.4 Å². The van der Waals surface area contributed by atoms with Crippen LogP contribution in [0.25, 0.3) is 5.57 Å². The van der Waals surface area contributed by atoms with E-state index in [2.05, 4.69) is 27.2 Å². The number of piperazine rings is 1. The first-order valence-electron chi connectivity index (χ1n) is 10.6. The number of carbonyl (C=O) groups is 1. The van der Waals surface area contributed by atoms with Crippen LogP contribution in [-0.4, -0.2) is 48.7 Å². The number of aromatic nitrogens is 1. The van der Waals surface area contributed by atoms with Gasteiger partial charge in [-0.25, -0.2) is 14.8 Å². The molecule has 2 fully saturated rings. The average Bonchev–Trinajstić information content (AvgIpc) is 2.73. The van der Waals surface area contributed by atoms with Crippen LogP contribution in [0.15, 0.2) is 35.5 Å². The molecule has 3 rings (SSSR count). The van der Waals surface area contributed by atoms with Crippen molar-refractivity contribution in [1.82, 2.24) is 15.6 Å². The highest BCUT2D eigenvalue weighted by molar-refractivity contribution is 6.13. The molecule has 0 saturated carbocycles. The normalized spacial score (nSPS) is 24.8. The summed E-state index contributed by atoms with van der Waals surface area (Å²) >= 11 is 0. The van der Waals surface area contributed by atoms with Crippen LogP contribution in [0.1, 0.15) is 44.9 Å². The Morgan fingerprint density at radius 1 is 1.44 bits per heavy atom. The number of pyridine rings is 1. The van der Waals surface area contributed by atoms with Crippen molar-refractivity contribution in [2.45, 2.75) is 51.9 Å². The van der Waals surface area contributed by atoms with E-state index in [1.807, 2.05) is 18.7 Å². The zero-order valence-electron chi connectivity index (χ0n) is 18.4. The number of allylic oxidation sites excluding steroid dienone is 1. The fraction of sp³-hybridized carbons (Fsp3) is 0.500. The summed E-state index contributed by atoms with van der Waals surface area (Å²) < 4.78 is 46.7. The number of aliphatic imine (C=N–C) groups is 1. The van der Waals surface area contributed by atoms with Gasteiger partial charge in [-0.15, -0.1) is 0 Å². The van der Waals surface area contributed by atoms with Gasteiger partial charge in [-0.2, -0.15) is 13.2 Å². The highest BCUT2D eigenvalue weighted by Gasteiger charge is 2.35. The molecule has 2 atom stereocenters. The third-order valence-corrected chi connectivity index (χ3v) is 5.44. The van der Waals surface area contributed by atoms with E-state index in [9.17, 15) is 18.0 Å². The number of nitrogens with one attached hydrogen (secondary N) is 2. The maximum Gasteiger partial charge on any atom is 0.416 e. The molecule has 1 aromatic rings. The standard InChI is InChI=1S/C22H28F3N5O2/c1-5-7-17-19(20(26-6-2)29-21(31)32-17)14(4)16-10-15(22(23,24)25)11-18(28-16)30-9-8-27-13(3)12-30/h6,10-11,13,17,27H,2,5,7-9,12H2,1,3-4H3,(H,26,29,31)/b19-14+. The van der Waals surface area contributed by atoms with E-state index in [1.165, 1.54) is 6.20 Å². The van der Waals surface area contributed by atoms with Crippen LogP contribution in [0, 0.1) is 0 Å². The maximum atomic E-state index is 13.8. The van der Waals surface area contributed by atoms with Crippen molar-refractivity contribution in [3.8, 4) is 0 Å². The number of ether oxygens (including phenoxy) is 1. The van der Waals surface area contributed by atoms with Crippen molar-refractivity contribution in [2.24, 2.45) is 4.99 Å². The molecule has 3 heterocycles. The minimum Gasteiger partial charge on any atom is -0.441 e. The number of amides is 1. The van der Waals surface area contributed by atoms with Gasteiger partial charge in [0.2, 0.25) is 0 Å². The Kier molecular flexibility index (Phi) is 7.22. The Balaban J connectivity index is 2.17. The monoisotopic (exact) mass is 451 g/mol. The van der Waals surface area contributed by atoms with E-state index in [4.69, 9.17) is 4.74 Å². The van der Waals surface area contributed by atoms with Crippen LogP contribution in [-0.2, 0) is 10.9 Å². The molecule has 1 amide bonds. The third-order valence-electron chi connectivity index (χ3n) is 5.44. The first kappa shape index (κ1) is 23.8. The predicted molar refractivity (Wildman–Crippen MR) is 117 cm³/mol. The zero-order valence-corrected chi connectivity index (χ0v) is 18.4. The van der Waals surface area contributed by atoms with Crippen molar-refractivity contribution in [1.29, 1.82) is 0 Å². The highest BCUT2D eigenvalue weighted by Crippen LogP contribution is 2.35. The SMILES string of the molecule is C=CN=C1NC(=O)OC(CCC)/C1=C(/C)c1cc(C(F)(F)F)cc(N2CCNC(C)C2)n1. The summed E-state index contributed by atoms with van der Waals surface area (Å²) in [5, 5.41) is 5.80. The van der Waals surface area contributed by atoms with Crippen molar-refractivity contribution < 1.29 is 22.7 Å². The molecule has 0 aromatic carbocycles. The van der Waals surface area contributed by atoms with E-state index in [1.54, 1.807) is 6.92 Å². The van der Waals surface area contributed by atoms with Crippen molar-refractivity contribution in [2.75, 3.05) is 24.5 Å². The molecule has 0 radical (unpaired) electrons. The van der Waals surface area contributed by atoms with E-state index >= 15 is 0 Å². The quantitative estimate of drug-likeness (QED) is 0.704. The van der Waals surface area contributed by atoms with Crippen LogP contribution in [0.5, 0.6) is 0 Å². The molecule has 2 N–H and O–H groups in total. The second-order valence-electron chi connectivity index (χ2n) is 7.90. The van der Waals surface area contributed by atoms with Gasteiger partial charge in [0.05, 0.1) is 11.3 Å². The molecule has 0 spiro atoms. The van der Waals surface area contributed by atoms with Gasteiger partial charge in [0.15, 0.2) is 0 Å². The van der Waals surface area contributed by atoms with Gasteiger partial charge in [-0.1, -0.05) is 19.9 Å². The molecule has 2 aliphatic rings. The summed E-state index contributed by atoms with van der Waals surface area (Å²) in [4.78, 5) is 22.5. The molecule has 1 aromatic heterocycles. The third kappa shape index (κ3) is 5.29. The minimum atomic E-state index is -4.53.